The first-order valence-electron chi connectivity index (χ1n) is 24.3. The molecule has 0 amide bonds. The number of aliphatic hydroxyl groups excluding tert-OH is 2. The quantitative estimate of drug-likeness (QED) is 0.0530. The average molecular weight is 1010 g/mol. The topological polar surface area (TPSA) is 198 Å². The van der Waals surface area contributed by atoms with Gasteiger partial charge in [0.2, 0.25) is 11.9 Å². The molecule has 18 heteroatoms. The van der Waals surface area contributed by atoms with E-state index < -0.39 is 23.2 Å². The SMILES string of the molecule is Cc1nc(NC(C)c2ccco2)nc(NC23CCC(CO)C2OC(C)(c2cccc4sc(-c5c(Cl)nc(NC(C)c6ccccc6)nc5NC5(C)CCC(CO)C5C)nc24)O3)c1-c1nc2ccccc2s1. The van der Waals surface area contributed by atoms with Gasteiger partial charge in [0.05, 0.1) is 55.6 Å². The molecule has 2 saturated carbocycles. The highest BCUT2D eigenvalue weighted by Gasteiger charge is 2.62. The highest BCUT2D eigenvalue weighted by Crippen LogP contribution is 2.55. The van der Waals surface area contributed by atoms with E-state index in [2.05, 4.69) is 60.2 Å². The number of hydrogen-bond acceptors (Lipinski definition) is 17. The maximum Gasteiger partial charge on any atom is 0.226 e. The number of nitrogens with one attached hydrogen (secondary N) is 4. The minimum absolute atomic E-state index is 0.0978. The summed E-state index contributed by atoms with van der Waals surface area (Å²) in [6.45, 7) is 12.3. The van der Waals surface area contributed by atoms with E-state index in [0.29, 0.717) is 58.0 Å². The molecule has 6 heterocycles. The van der Waals surface area contributed by atoms with Crippen LogP contribution in [-0.4, -0.2) is 70.7 Å². The number of fused-ring (bicyclic) bond motifs is 3. The number of nitrogens with zero attached hydrogens (tertiary/aromatic N) is 6. The summed E-state index contributed by atoms with van der Waals surface area (Å²) < 4.78 is 22.2. The molecule has 3 aliphatic rings. The van der Waals surface area contributed by atoms with Crippen LogP contribution < -0.4 is 21.3 Å². The molecule has 0 bridgehead atoms. The van der Waals surface area contributed by atoms with Crippen LogP contribution in [0.15, 0.2) is 95.6 Å². The molecule has 0 radical (unpaired) electrons. The second-order valence-electron chi connectivity index (χ2n) is 19.6. The van der Waals surface area contributed by atoms with Gasteiger partial charge in [-0.15, -0.1) is 22.7 Å². The summed E-state index contributed by atoms with van der Waals surface area (Å²) in [4.78, 5) is 30.4. The van der Waals surface area contributed by atoms with Crippen molar-refractivity contribution in [2.75, 3.05) is 34.5 Å². The zero-order chi connectivity index (χ0) is 49.2. The Hall–Kier alpha value is -5.79. The van der Waals surface area contributed by atoms with Crippen molar-refractivity contribution in [1.29, 1.82) is 0 Å². The predicted octanol–water partition coefficient (Wildman–Crippen LogP) is 11.7. The summed E-state index contributed by atoms with van der Waals surface area (Å²) in [7, 11) is 0. The summed E-state index contributed by atoms with van der Waals surface area (Å²) in [6, 6.07) is 27.6. The molecule has 11 rings (SSSR count). The predicted molar refractivity (Wildman–Crippen MR) is 281 cm³/mol. The number of furan rings is 1. The average Bonchev–Trinajstić information content (AvgIpc) is 4.22. The van der Waals surface area contributed by atoms with Crippen LogP contribution in [0, 0.1) is 24.7 Å². The molecule has 3 aromatic carbocycles. The zero-order valence-electron chi connectivity index (χ0n) is 40.4. The van der Waals surface area contributed by atoms with Gasteiger partial charge in [-0.2, -0.15) is 9.97 Å². The van der Waals surface area contributed by atoms with Gasteiger partial charge < -0.3 is 45.4 Å². The molecule has 5 aromatic heterocycles. The Kier molecular flexibility index (Phi) is 12.5. The minimum atomic E-state index is -1.34. The lowest BCUT2D eigenvalue weighted by Gasteiger charge is -2.33. The summed E-state index contributed by atoms with van der Waals surface area (Å²) in [6.07, 6.45) is 3.95. The van der Waals surface area contributed by atoms with Crippen molar-refractivity contribution >= 4 is 78.2 Å². The van der Waals surface area contributed by atoms with Crippen LogP contribution in [0.3, 0.4) is 0 Å². The number of hydrogen-bond donors (Lipinski definition) is 6. The van der Waals surface area contributed by atoms with Crippen LogP contribution in [0.2, 0.25) is 5.15 Å². The van der Waals surface area contributed by atoms with Gasteiger partial charge in [-0.05, 0) is 108 Å². The Morgan fingerprint density at radius 3 is 2.17 bits per heavy atom. The van der Waals surface area contributed by atoms with Gasteiger partial charge in [0.25, 0.3) is 0 Å². The van der Waals surface area contributed by atoms with Crippen molar-refractivity contribution in [2.24, 2.45) is 17.8 Å². The van der Waals surface area contributed by atoms with Crippen LogP contribution >= 0.6 is 34.3 Å². The van der Waals surface area contributed by atoms with E-state index in [0.717, 1.165) is 55.3 Å². The molecular formula is C53H57ClN10O5S2. The number of ether oxygens (including phenoxy) is 2. The van der Waals surface area contributed by atoms with Crippen molar-refractivity contribution in [3.63, 3.8) is 0 Å². The lowest BCUT2D eigenvalue weighted by atomic mass is 9.86. The number of aromatic nitrogens is 6. The van der Waals surface area contributed by atoms with E-state index >= 15 is 0 Å². The number of anilines is 4. The van der Waals surface area contributed by atoms with Crippen LogP contribution in [0.25, 0.3) is 41.6 Å². The molecule has 9 unspecified atom stereocenters. The molecule has 6 N–H and O–H groups in total. The lowest BCUT2D eigenvalue weighted by molar-refractivity contribution is -0.189. The fourth-order valence-electron chi connectivity index (χ4n) is 10.8. The summed E-state index contributed by atoms with van der Waals surface area (Å²) >= 11 is 10.3. The molecule has 368 valence electrons. The molecule has 0 spiro atoms. The van der Waals surface area contributed by atoms with Crippen molar-refractivity contribution in [2.45, 2.75) is 102 Å². The van der Waals surface area contributed by atoms with Crippen molar-refractivity contribution < 1.29 is 24.1 Å². The van der Waals surface area contributed by atoms with Gasteiger partial charge in [0.15, 0.2) is 11.5 Å². The number of aryl methyl sites for hydroxylation is 1. The van der Waals surface area contributed by atoms with E-state index in [1.54, 1.807) is 17.6 Å². The molecule has 1 saturated heterocycles. The van der Waals surface area contributed by atoms with Gasteiger partial charge >= 0.3 is 0 Å². The first kappa shape index (κ1) is 47.5. The zero-order valence-corrected chi connectivity index (χ0v) is 42.8. The summed E-state index contributed by atoms with van der Waals surface area (Å²) in [5.41, 5.74) is 3.89. The van der Waals surface area contributed by atoms with Crippen molar-refractivity contribution in [1.82, 2.24) is 29.9 Å². The monoisotopic (exact) mass is 1010 g/mol. The number of thiazole rings is 2. The van der Waals surface area contributed by atoms with Gasteiger partial charge in [-0.25, -0.2) is 19.9 Å². The van der Waals surface area contributed by atoms with Crippen LogP contribution in [-0.2, 0) is 15.3 Å². The first-order chi connectivity index (χ1) is 34.3. The number of benzene rings is 3. The highest BCUT2D eigenvalue weighted by atomic mass is 35.5. The van der Waals surface area contributed by atoms with Gasteiger partial charge in [-0.3, -0.25) is 0 Å². The van der Waals surface area contributed by atoms with E-state index in [9.17, 15) is 10.2 Å². The molecule has 71 heavy (non-hydrogen) atoms. The van der Waals surface area contributed by atoms with E-state index in [-0.39, 0.29) is 48.2 Å². The first-order valence-corrected chi connectivity index (χ1v) is 26.3. The van der Waals surface area contributed by atoms with Crippen molar-refractivity contribution in [3.8, 4) is 21.1 Å². The second kappa shape index (κ2) is 18.7. The largest absolute Gasteiger partial charge is 0.467 e. The van der Waals surface area contributed by atoms with Gasteiger partial charge in [-0.1, -0.05) is 73.1 Å². The highest BCUT2D eigenvalue weighted by molar-refractivity contribution is 7.22. The van der Waals surface area contributed by atoms with Crippen LogP contribution in [0.5, 0.6) is 0 Å². The number of halogens is 1. The third kappa shape index (κ3) is 8.68. The summed E-state index contributed by atoms with van der Waals surface area (Å²) in [5.74, 6) is 1.33. The Morgan fingerprint density at radius 2 is 1.42 bits per heavy atom. The molecule has 8 aromatic rings. The van der Waals surface area contributed by atoms with Gasteiger partial charge in [0.1, 0.15) is 38.7 Å². The molecule has 3 fully saturated rings. The van der Waals surface area contributed by atoms with Crippen molar-refractivity contribution in [3.05, 3.63) is 119 Å². The Labute approximate surface area is 424 Å². The minimum Gasteiger partial charge on any atom is -0.467 e. The number of aliphatic hydroxyl groups is 2. The molecule has 15 nitrogen and oxygen atoms in total. The maximum atomic E-state index is 10.9. The standard InChI is InChI=1S/C53H57ClN10O5S2/c1-28-33(26-65)21-23-51(28,5)63-46-41(44(54)60-50(62-46)55-29(2)32-14-8-7-9-15-32)48-59-42-35(16-12-20-39(42)71-48)52(6)68-43-34(27-66)22-24-53(43,69-52)64-45-40(47-58-36-17-10-11-19-38(36)70-47)31(4)57-49(61-45)56-30(3)37-18-13-25-67-37/h7-20,25,28-30,33-34,43,65-66H,21-24,26-27H2,1-6H3,(H2,55,60,62,63)(H2,56,57,61,64). The number of para-hydroxylation sites is 2. The van der Waals surface area contributed by atoms with Crippen LogP contribution in [0.1, 0.15) is 95.0 Å². The normalized spacial score (nSPS) is 25.9. The van der Waals surface area contributed by atoms with E-state index in [1.807, 2.05) is 87.5 Å². The fourth-order valence-corrected chi connectivity index (χ4v) is 13.2. The fraction of sp³-hybridized carbons (Fsp3) is 0.396. The second-order valence-corrected chi connectivity index (χ2v) is 22.0. The molecule has 1 aliphatic heterocycles. The van der Waals surface area contributed by atoms with Gasteiger partial charge in [0, 0.05) is 30.2 Å². The Balaban J connectivity index is 0.977. The molecule has 2 aliphatic carbocycles. The molecular weight excluding hydrogens is 956 g/mol. The van der Waals surface area contributed by atoms with Crippen LogP contribution in [0.4, 0.5) is 23.5 Å². The molecule has 9 atom stereocenters. The number of rotatable bonds is 15. The third-order valence-corrected chi connectivity index (χ3v) is 17.4. The lowest BCUT2D eigenvalue weighted by Crippen LogP contribution is -2.46. The Morgan fingerprint density at radius 1 is 0.732 bits per heavy atom. The smallest absolute Gasteiger partial charge is 0.226 e. The summed E-state index contributed by atoms with van der Waals surface area (Å²) in [5, 5.41) is 37.3. The third-order valence-electron chi connectivity index (χ3n) is 15.0. The Bertz CT molecular complexity index is 3200. The maximum absolute atomic E-state index is 10.9. The van der Waals surface area contributed by atoms with E-state index in [4.69, 9.17) is 55.4 Å². The van der Waals surface area contributed by atoms with E-state index in [1.165, 1.54) is 11.3 Å².